The summed E-state index contributed by atoms with van der Waals surface area (Å²) in [6.07, 6.45) is 4.11. The normalized spacial score (nSPS) is 30.2. The van der Waals surface area contributed by atoms with Gasteiger partial charge in [-0.3, -0.25) is 24.6 Å². The van der Waals surface area contributed by atoms with E-state index in [4.69, 9.17) is 5.11 Å². The fourth-order valence-electron chi connectivity index (χ4n) is 4.92. The van der Waals surface area contributed by atoms with Crippen LogP contribution in [0.5, 0.6) is 0 Å². The van der Waals surface area contributed by atoms with Gasteiger partial charge < -0.3 is 10.4 Å². The molecule has 3 aliphatic rings. The molecule has 28 heavy (non-hydrogen) atoms. The van der Waals surface area contributed by atoms with E-state index in [-0.39, 0.29) is 48.6 Å². The number of carboxylic acids is 1. The van der Waals surface area contributed by atoms with E-state index in [2.05, 4.69) is 15.5 Å². The fraction of sp³-hybridized carbons (Fsp3) is 0.550. The van der Waals surface area contributed by atoms with Crippen molar-refractivity contribution in [1.82, 2.24) is 10.2 Å². The largest absolute Gasteiger partial charge is 0.480 e. The Labute approximate surface area is 162 Å². The summed E-state index contributed by atoms with van der Waals surface area (Å²) >= 11 is 0. The zero-order valence-electron chi connectivity index (χ0n) is 15.5. The van der Waals surface area contributed by atoms with Crippen molar-refractivity contribution in [3.8, 4) is 0 Å². The molecule has 0 saturated carbocycles. The molecule has 3 aliphatic heterocycles. The number of carboxylic acid groups (broad SMARTS) is 1. The molecule has 3 fully saturated rings. The molecule has 2 amide bonds. The highest BCUT2D eigenvalue weighted by molar-refractivity contribution is 6.01. The van der Waals surface area contributed by atoms with E-state index in [0.717, 1.165) is 25.7 Å². The van der Waals surface area contributed by atoms with Gasteiger partial charge in [0.1, 0.15) is 11.9 Å². The minimum Gasteiger partial charge on any atom is -0.480 e. The molecule has 3 N–H and O–H groups in total. The van der Waals surface area contributed by atoms with Gasteiger partial charge in [0.05, 0.1) is 6.54 Å². The van der Waals surface area contributed by atoms with Gasteiger partial charge in [0.15, 0.2) is 0 Å². The molecule has 1 aromatic rings. The van der Waals surface area contributed by atoms with Gasteiger partial charge in [-0.05, 0) is 55.7 Å². The topological polar surface area (TPSA) is 98.7 Å². The number of fused-ring (bicyclic) bond motifs is 2. The third-order valence-electron chi connectivity index (χ3n) is 6.22. The van der Waals surface area contributed by atoms with Crippen molar-refractivity contribution in [2.75, 3.05) is 11.9 Å². The van der Waals surface area contributed by atoms with Crippen LogP contribution in [-0.2, 0) is 14.4 Å². The molecular formula is C20H24FN3O4. The zero-order valence-corrected chi connectivity index (χ0v) is 15.5. The first-order valence-electron chi connectivity index (χ1n) is 9.78. The highest BCUT2D eigenvalue weighted by Crippen LogP contribution is 2.43. The molecule has 0 aromatic heterocycles. The molecule has 150 valence electrons. The molecule has 3 unspecified atom stereocenters. The van der Waals surface area contributed by atoms with Crippen LogP contribution in [0.25, 0.3) is 0 Å². The van der Waals surface area contributed by atoms with Crippen molar-refractivity contribution < 1.29 is 23.9 Å². The lowest BCUT2D eigenvalue weighted by molar-refractivity contribution is -0.139. The molecule has 3 heterocycles. The van der Waals surface area contributed by atoms with Crippen molar-refractivity contribution in [3.05, 3.63) is 29.6 Å². The monoisotopic (exact) mass is 389 g/mol. The van der Waals surface area contributed by atoms with Gasteiger partial charge in [0.25, 0.3) is 0 Å². The zero-order chi connectivity index (χ0) is 19.8. The molecule has 7 nitrogen and oxygen atoms in total. The molecule has 0 spiro atoms. The van der Waals surface area contributed by atoms with E-state index in [9.17, 15) is 18.8 Å². The number of anilines is 1. The number of hydrogen-bond donors (Lipinski definition) is 3. The number of halogens is 1. The SMILES string of the molecule is O=C(O)CN1C2CCC1CC(c1ccc(NC3CCC(=O)NC3=O)cc1F)C2. The van der Waals surface area contributed by atoms with Gasteiger partial charge in [0, 0.05) is 24.2 Å². The number of carbonyl (C=O) groups is 3. The van der Waals surface area contributed by atoms with Crippen LogP contribution in [0.1, 0.15) is 50.0 Å². The molecule has 3 atom stereocenters. The lowest BCUT2D eigenvalue weighted by atomic mass is 9.84. The van der Waals surface area contributed by atoms with E-state index < -0.39 is 12.0 Å². The van der Waals surface area contributed by atoms with E-state index in [0.29, 0.717) is 17.7 Å². The van der Waals surface area contributed by atoms with Crippen molar-refractivity contribution in [2.24, 2.45) is 0 Å². The van der Waals surface area contributed by atoms with Crippen LogP contribution in [0.3, 0.4) is 0 Å². The first kappa shape index (κ1) is 18.9. The van der Waals surface area contributed by atoms with Crippen LogP contribution in [0, 0.1) is 5.82 Å². The summed E-state index contributed by atoms with van der Waals surface area (Å²) < 4.78 is 14.8. The van der Waals surface area contributed by atoms with Gasteiger partial charge in [-0.2, -0.15) is 0 Å². The number of rotatable bonds is 5. The van der Waals surface area contributed by atoms with Crippen molar-refractivity contribution in [2.45, 2.75) is 62.6 Å². The van der Waals surface area contributed by atoms with Crippen LogP contribution in [0.15, 0.2) is 18.2 Å². The number of amides is 2. The third kappa shape index (κ3) is 3.73. The highest BCUT2D eigenvalue weighted by atomic mass is 19.1. The summed E-state index contributed by atoms with van der Waals surface area (Å²) in [4.78, 5) is 36.2. The van der Waals surface area contributed by atoms with Crippen LogP contribution >= 0.6 is 0 Å². The lowest BCUT2D eigenvalue weighted by Gasteiger charge is -2.38. The second-order valence-corrected chi connectivity index (χ2v) is 8.00. The smallest absolute Gasteiger partial charge is 0.317 e. The average molecular weight is 389 g/mol. The quantitative estimate of drug-likeness (QED) is 0.665. The molecular weight excluding hydrogens is 365 g/mol. The Hall–Kier alpha value is -2.48. The van der Waals surface area contributed by atoms with Gasteiger partial charge in [-0.1, -0.05) is 6.07 Å². The number of hydrogen-bond acceptors (Lipinski definition) is 5. The first-order chi connectivity index (χ1) is 13.4. The number of nitrogens with zero attached hydrogens (tertiary/aromatic N) is 1. The first-order valence-corrected chi connectivity index (χ1v) is 9.78. The van der Waals surface area contributed by atoms with Crippen LogP contribution in [0.2, 0.25) is 0 Å². The van der Waals surface area contributed by atoms with Crippen LogP contribution < -0.4 is 10.6 Å². The number of aliphatic carboxylic acids is 1. The van der Waals surface area contributed by atoms with E-state index in [1.54, 1.807) is 12.1 Å². The number of nitrogens with one attached hydrogen (secondary N) is 2. The van der Waals surface area contributed by atoms with E-state index >= 15 is 0 Å². The standard InChI is InChI=1S/C20H24FN3O4/c21-16-9-12(22-17-5-6-18(25)23-20(17)28)1-4-15(16)11-7-13-2-3-14(8-11)24(13)10-19(26)27/h1,4,9,11,13-14,17,22H,2-3,5-8,10H2,(H,26,27)(H,23,25,28). The minimum atomic E-state index is -0.814. The maximum Gasteiger partial charge on any atom is 0.317 e. The predicted molar refractivity (Wildman–Crippen MR) is 99.3 cm³/mol. The molecule has 1 aromatic carbocycles. The highest BCUT2D eigenvalue weighted by Gasteiger charge is 2.42. The van der Waals surface area contributed by atoms with Gasteiger partial charge >= 0.3 is 5.97 Å². The Balaban J connectivity index is 1.43. The van der Waals surface area contributed by atoms with Gasteiger partial charge in [0.2, 0.25) is 11.8 Å². The Morgan fingerprint density at radius 2 is 1.93 bits per heavy atom. The Kier molecular flexibility index (Phi) is 5.05. The molecule has 0 radical (unpaired) electrons. The molecule has 2 bridgehead atoms. The van der Waals surface area contributed by atoms with Crippen LogP contribution in [0.4, 0.5) is 10.1 Å². The maximum atomic E-state index is 14.8. The molecule has 8 heteroatoms. The summed E-state index contributed by atoms with van der Waals surface area (Å²) in [6, 6.07) is 4.79. The maximum absolute atomic E-state index is 14.8. The summed E-state index contributed by atoms with van der Waals surface area (Å²) in [7, 11) is 0. The predicted octanol–water partition coefficient (Wildman–Crippen LogP) is 1.84. The summed E-state index contributed by atoms with van der Waals surface area (Å²) in [5.74, 6) is -1.72. The number of piperidine rings is 2. The van der Waals surface area contributed by atoms with Crippen molar-refractivity contribution in [1.29, 1.82) is 0 Å². The minimum absolute atomic E-state index is 0.0549. The van der Waals surface area contributed by atoms with Crippen molar-refractivity contribution in [3.63, 3.8) is 0 Å². The molecule has 3 saturated heterocycles. The summed E-state index contributed by atoms with van der Waals surface area (Å²) in [6.45, 7) is 0.0549. The van der Waals surface area contributed by atoms with Crippen LogP contribution in [-0.4, -0.2) is 52.5 Å². The summed E-state index contributed by atoms with van der Waals surface area (Å²) in [5.41, 5.74) is 1.17. The molecule has 4 rings (SSSR count). The Morgan fingerprint density at radius 3 is 2.54 bits per heavy atom. The second-order valence-electron chi connectivity index (χ2n) is 8.00. The lowest BCUT2D eigenvalue weighted by Crippen LogP contribution is -2.47. The Morgan fingerprint density at radius 1 is 1.21 bits per heavy atom. The van der Waals surface area contributed by atoms with Gasteiger partial charge in [-0.15, -0.1) is 0 Å². The Bertz CT molecular complexity index is 801. The fourth-order valence-corrected chi connectivity index (χ4v) is 4.92. The van der Waals surface area contributed by atoms with E-state index in [1.165, 1.54) is 6.07 Å². The summed E-state index contributed by atoms with van der Waals surface area (Å²) in [5, 5.41) is 14.4. The average Bonchev–Trinajstić information content (AvgIpc) is 2.86. The number of carbonyl (C=O) groups excluding carboxylic acids is 2. The number of imide groups is 1. The second kappa shape index (κ2) is 7.50. The van der Waals surface area contributed by atoms with E-state index in [1.807, 2.05) is 0 Å². The van der Waals surface area contributed by atoms with Crippen molar-refractivity contribution >= 4 is 23.5 Å². The van der Waals surface area contributed by atoms with Gasteiger partial charge in [-0.25, -0.2) is 4.39 Å². The third-order valence-corrected chi connectivity index (χ3v) is 6.22. The number of benzene rings is 1. The molecule has 0 aliphatic carbocycles.